The number of hydrogen-bond donors (Lipinski definition) is 1. The van der Waals surface area contributed by atoms with Crippen LogP contribution >= 0.6 is 11.6 Å². The Balaban J connectivity index is 2.16. The highest BCUT2D eigenvalue weighted by Gasteiger charge is 2.02. The maximum Gasteiger partial charge on any atom is 0.107 e. The molecule has 3 heteroatoms. The van der Waals surface area contributed by atoms with Crippen LogP contribution in [0.2, 0.25) is 0 Å². The zero-order chi connectivity index (χ0) is 10.7. The van der Waals surface area contributed by atoms with Gasteiger partial charge in [-0.15, -0.1) is 11.6 Å². The summed E-state index contributed by atoms with van der Waals surface area (Å²) >= 11 is 5.64. The molecular weight excluding hydrogens is 208 g/mol. The number of unbranched alkanes of at least 4 members (excludes halogenated alkanes) is 1. The quantitative estimate of drug-likeness (QED) is 0.623. The first-order valence-electron chi connectivity index (χ1n) is 5.31. The van der Waals surface area contributed by atoms with E-state index in [1.54, 1.807) is 0 Å². The Labute approximate surface area is 94.7 Å². The molecule has 0 amide bonds. The number of rotatable bonds is 4. The van der Waals surface area contributed by atoms with Gasteiger partial charge in [0.25, 0.3) is 0 Å². The van der Waals surface area contributed by atoms with Crippen molar-refractivity contribution in [3.8, 4) is 0 Å². The van der Waals surface area contributed by atoms with Crippen molar-refractivity contribution in [2.45, 2.75) is 26.2 Å². The predicted octanol–water partition coefficient (Wildman–Crippen LogP) is 3.43. The van der Waals surface area contributed by atoms with Gasteiger partial charge in [-0.3, -0.25) is 0 Å². The maximum absolute atomic E-state index is 5.64. The average molecular weight is 223 g/mol. The average Bonchev–Trinajstić information content (AvgIpc) is 2.60. The van der Waals surface area contributed by atoms with Gasteiger partial charge in [-0.2, -0.15) is 0 Å². The number of benzene rings is 1. The predicted molar refractivity (Wildman–Crippen MR) is 64.5 cm³/mol. The van der Waals surface area contributed by atoms with E-state index < -0.39 is 0 Å². The van der Waals surface area contributed by atoms with Gasteiger partial charge < -0.3 is 4.98 Å². The van der Waals surface area contributed by atoms with Gasteiger partial charge in [-0.25, -0.2) is 4.98 Å². The number of fused-ring (bicyclic) bond motifs is 1. The summed E-state index contributed by atoms with van der Waals surface area (Å²) in [6.45, 7) is 2.09. The van der Waals surface area contributed by atoms with Gasteiger partial charge in [-0.1, -0.05) is 6.07 Å². The summed E-state index contributed by atoms with van der Waals surface area (Å²) in [4.78, 5) is 7.87. The van der Waals surface area contributed by atoms with Crippen LogP contribution in [0.3, 0.4) is 0 Å². The van der Waals surface area contributed by atoms with Crippen LogP contribution in [-0.4, -0.2) is 15.8 Å². The minimum absolute atomic E-state index is 0.735. The zero-order valence-electron chi connectivity index (χ0n) is 8.89. The van der Waals surface area contributed by atoms with Crippen molar-refractivity contribution in [2.75, 3.05) is 5.88 Å². The number of aromatic nitrogens is 2. The fraction of sp³-hybridized carbons (Fsp3) is 0.417. The summed E-state index contributed by atoms with van der Waals surface area (Å²) < 4.78 is 0. The summed E-state index contributed by atoms with van der Waals surface area (Å²) in [7, 11) is 0. The second-order valence-electron chi connectivity index (χ2n) is 3.85. The molecule has 1 aromatic carbocycles. The van der Waals surface area contributed by atoms with Crippen LogP contribution < -0.4 is 0 Å². The van der Waals surface area contributed by atoms with Gasteiger partial charge in [0.05, 0.1) is 11.0 Å². The highest BCUT2D eigenvalue weighted by atomic mass is 35.5. The number of H-pyrrole nitrogens is 1. The number of aromatic amines is 1. The van der Waals surface area contributed by atoms with E-state index in [0.717, 1.165) is 42.0 Å². The van der Waals surface area contributed by atoms with E-state index in [2.05, 4.69) is 35.1 Å². The Kier molecular flexibility index (Phi) is 3.27. The first kappa shape index (κ1) is 10.5. The molecule has 2 aromatic rings. The number of nitrogens with zero attached hydrogens (tertiary/aromatic N) is 1. The number of nitrogens with one attached hydrogen (secondary N) is 1. The van der Waals surface area contributed by atoms with Crippen molar-refractivity contribution in [1.29, 1.82) is 0 Å². The van der Waals surface area contributed by atoms with Crippen LogP contribution in [0.15, 0.2) is 18.2 Å². The molecule has 0 aliphatic rings. The Morgan fingerprint density at radius 2 is 2.20 bits per heavy atom. The highest BCUT2D eigenvalue weighted by molar-refractivity contribution is 6.17. The van der Waals surface area contributed by atoms with Crippen molar-refractivity contribution in [1.82, 2.24) is 9.97 Å². The molecule has 1 aromatic heterocycles. The second kappa shape index (κ2) is 4.67. The molecule has 0 aliphatic carbocycles. The summed E-state index contributed by atoms with van der Waals surface area (Å²) in [5.41, 5.74) is 3.45. The fourth-order valence-corrected chi connectivity index (χ4v) is 1.87. The molecule has 0 aliphatic heterocycles. The van der Waals surface area contributed by atoms with Crippen LogP contribution in [0.5, 0.6) is 0 Å². The smallest absolute Gasteiger partial charge is 0.107 e. The van der Waals surface area contributed by atoms with Crippen molar-refractivity contribution in [2.24, 2.45) is 0 Å². The molecule has 0 atom stereocenters. The van der Waals surface area contributed by atoms with E-state index in [1.165, 1.54) is 5.56 Å². The van der Waals surface area contributed by atoms with Gasteiger partial charge in [0, 0.05) is 12.3 Å². The third-order valence-electron chi connectivity index (χ3n) is 2.48. The molecule has 0 saturated heterocycles. The number of aryl methyl sites for hydroxylation is 2. The Hall–Kier alpha value is -1.02. The Morgan fingerprint density at radius 3 is 3.00 bits per heavy atom. The molecule has 80 valence electrons. The maximum atomic E-state index is 5.64. The van der Waals surface area contributed by atoms with E-state index in [4.69, 9.17) is 11.6 Å². The lowest BCUT2D eigenvalue weighted by Crippen LogP contribution is -1.88. The van der Waals surface area contributed by atoms with Crippen molar-refractivity contribution >= 4 is 22.6 Å². The van der Waals surface area contributed by atoms with Gasteiger partial charge in [0.15, 0.2) is 0 Å². The summed E-state index contributed by atoms with van der Waals surface area (Å²) in [6.07, 6.45) is 3.14. The minimum Gasteiger partial charge on any atom is -0.342 e. The van der Waals surface area contributed by atoms with E-state index in [-0.39, 0.29) is 0 Å². The van der Waals surface area contributed by atoms with E-state index in [9.17, 15) is 0 Å². The van der Waals surface area contributed by atoms with Gasteiger partial charge in [-0.05, 0) is 37.5 Å². The first-order valence-corrected chi connectivity index (χ1v) is 5.84. The summed E-state index contributed by atoms with van der Waals surface area (Å²) in [6, 6.07) is 6.28. The topological polar surface area (TPSA) is 28.7 Å². The molecule has 0 fully saturated rings. The first-order chi connectivity index (χ1) is 7.29. The van der Waals surface area contributed by atoms with Crippen molar-refractivity contribution in [3.63, 3.8) is 0 Å². The standard InChI is InChI=1S/C12H15ClN2/c1-9-5-6-10-11(8-9)15-12(14-10)4-2-3-7-13/h5-6,8H,2-4,7H2,1H3,(H,14,15). The number of alkyl halides is 1. The third-order valence-corrected chi connectivity index (χ3v) is 2.75. The monoisotopic (exact) mass is 222 g/mol. The van der Waals surface area contributed by atoms with Gasteiger partial charge in [0.1, 0.15) is 5.82 Å². The number of imidazole rings is 1. The van der Waals surface area contributed by atoms with Crippen LogP contribution in [0.4, 0.5) is 0 Å². The highest BCUT2D eigenvalue weighted by Crippen LogP contribution is 2.14. The number of hydrogen-bond acceptors (Lipinski definition) is 1. The lowest BCUT2D eigenvalue weighted by Gasteiger charge is -1.93. The van der Waals surface area contributed by atoms with Gasteiger partial charge >= 0.3 is 0 Å². The molecule has 0 spiro atoms. The molecular formula is C12H15ClN2. The molecule has 2 nitrogen and oxygen atoms in total. The van der Waals surface area contributed by atoms with Gasteiger partial charge in [0.2, 0.25) is 0 Å². The molecule has 2 rings (SSSR count). The second-order valence-corrected chi connectivity index (χ2v) is 4.23. The lowest BCUT2D eigenvalue weighted by atomic mass is 10.2. The van der Waals surface area contributed by atoms with Crippen LogP contribution in [0.25, 0.3) is 11.0 Å². The zero-order valence-corrected chi connectivity index (χ0v) is 9.64. The van der Waals surface area contributed by atoms with Crippen LogP contribution in [0.1, 0.15) is 24.2 Å². The summed E-state index contributed by atoms with van der Waals surface area (Å²) in [5.74, 6) is 1.81. The van der Waals surface area contributed by atoms with E-state index >= 15 is 0 Å². The van der Waals surface area contributed by atoms with Crippen LogP contribution in [0, 0.1) is 6.92 Å². The molecule has 1 heterocycles. The largest absolute Gasteiger partial charge is 0.342 e. The fourth-order valence-electron chi connectivity index (χ4n) is 1.68. The SMILES string of the molecule is Cc1ccc2nc(CCCCCl)[nH]c2c1. The van der Waals surface area contributed by atoms with E-state index in [0.29, 0.717) is 0 Å². The molecule has 0 bridgehead atoms. The minimum atomic E-state index is 0.735. The lowest BCUT2D eigenvalue weighted by molar-refractivity contribution is 0.769. The van der Waals surface area contributed by atoms with Crippen LogP contribution in [-0.2, 0) is 6.42 Å². The molecule has 0 radical (unpaired) electrons. The normalized spacial score (nSPS) is 11.1. The molecule has 0 unspecified atom stereocenters. The molecule has 1 N–H and O–H groups in total. The number of halogens is 1. The molecule has 0 saturated carbocycles. The summed E-state index contributed by atoms with van der Waals surface area (Å²) in [5, 5.41) is 0. The Bertz CT molecular complexity index is 448. The van der Waals surface area contributed by atoms with Crippen molar-refractivity contribution < 1.29 is 0 Å². The third kappa shape index (κ3) is 2.51. The van der Waals surface area contributed by atoms with E-state index in [1.807, 2.05) is 0 Å². The molecule has 15 heavy (non-hydrogen) atoms. The Morgan fingerprint density at radius 1 is 1.33 bits per heavy atom. The van der Waals surface area contributed by atoms with Crippen molar-refractivity contribution in [3.05, 3.63) is 29.6 Å².